The number of nitrogens with two attached hydrogens (primary N) is 2. The van der Waals surface area contributed by atoms with Crippen molar-refractivity contribution in [2.75, 3.05) is 25.6 Å². The van der Waals surface area contributed by atoms with E-state index in [2.05, 4.69) is 9.97 Å². The van der Waals surface area contributed by atoms with E-state index in [1.54, 1.807) is 14.1 Å². The number of hydrogen-bond donors (Lipinski definition) is 4. The van der Waals surface area contributed by atoms with E-state index < -0.39 is 23.0 Å². The van der Waals surface area contributed by atoms with Crippen molar-refractivity contribution in [3.63, 3.8) is 0 Å². The molecule has 0 fully saturated rings. The van der Waals surface area contributed by atoms with Gasteiger partial charge in [-0.1, -0.05) is 0 Å². The number of nitrogens with zero attached hydrogens (tertiary/aromatic N) is 3. The summed E-state index contributed by atoms with van der Waals surface area (Å²) in [6.45, 7) is 1.53. The summed E-state index contributed by atoms with van der Waals surface area (Å²) >= 11 is 0. The lowest BCUT2D eigenvalue weighted by molar-refractivity contribution is -0.126. The zero-order chi connectivity index (χ0) is 18.9. The molecule has 0 aromatic carbocycles. The van der Waals surface area contributed by atoms with Crippen LogP contribution in [0.2, 0.25) is 0 Å². The summed E-state index contributed by atoms with van der Waals surface area (Å²) in [5.41, 5.74) is 8.61. The van der Waals surface area contributed by atoms with E-state index >= 15 is 0 Å². The van der Waals surface area contributed by atoms with Crippen LogP contribution in [0.15, 0.2) is 22.0 Å². The highest BCUT2D eigenvalue weighted by atomic mass is 19.1. The van der Waals surface area contributed by atoms with Gasteiger partial charge in [0.2, 0.25) is 5.91 Å². The number of carbonyl (C=O) groups excluding carboxylic acids is 1. The number of nitrogen functional groups attached to an aromatic ring is 2. The predicted molar refractivity (Wildman–Crippen MR) is 82.8 cm³/mol. The average molecular weight is 345 g/mol. The first kappa shape index (κ1) is 20.7. The minimum absolute atomic E-state index is 0.0926. The Bertz CT molecular complexity index is 731. The maximum Gasteiger partial charge on any atom is 0.346 e. The van der Waals surface area contributed by atoms with Gasteiger partial charge in [-0.25, -0.2) is 18.4 Å². The standard InChI is InChI=1S/2C4H4FN3O.C4H9NO/c2*5-2-1-7-4(9)8-3(2)6;1-4(6)5(2)3/h2*1H,(H3,6,7,8,9);1-3H3. The molecule has 0 atom stereocenters. The Labute approximate surface area is 134 Å². The van der Waals surface area contributed by atoms with Crippen LogP contribution in [-0.4, -0.2) is 44.8 Å². The van der Waals surface area contributed by atoms with Crippen molar-refractivity contribution in [3.05, 3.63) is 45.0 Å². The van der Waals surface area contributed by atoms with Crippen LogP contribution in [0.3, 0.4) is 0 Å². The Morgan fingerprint density at radius 2 is 1.29 bits per heavy atom. The number of amides is 1. The average Bonchev–Trinajstić information content (AvgIpc) is 2.49. The third kappa shape index (κ3) is 8.21. The van der Waals surface area contributed by atoms with Crippen LogP contribution in [0.25, 0.3) is 0 Å². The van der Waals surface area contributed by atoms with Crippen molar-refractivity contribution in [2.45, 2.75) is 6.92 Å². The highest BCUT2D eigenvalue weighted by Gasteiger charge is 1.96. The summed E-state index contributed by atoms with van der Waals surface area (Å²) in [5, 5.41) is 0. The molecule has 12 heteroatoms. The molecule has 0 bridgehead atoms. The SMILES string of the molecule is CC(=O)N(C)C.Nc1[nH]c(=O)ncc1F.Nc1[nH]c(=O)ncc1F. The summed E-state index contributed by atoms with van der Waals surface area (Å²) < 4.78 is 24.3. The van der Waals surface area contributed by atoms with Crippen molar-refractivity contribution in [1.82, 2.24) is 24.8 Å². The van der Waals surface area contributed by atoms with Crippen LogP contribution >= 0.6 is 0 Å². The number of carbonyl (C=O) groups is 1. The third-order valence-corrected chi connectivity index (χ3v) is 2.22. The van der Waals surface area contributed by atoms with Gasteiger partial charge in [0, 0.05) is 21.0 Å². The zero-order valence-electron chi connectivity index (χ0n) is 13.1. The van der Waals surface area contributed by atoms with Crippen molar-refractivity contribution in [2.24, 2.45) is 0 Å². The maximum atomic E-state index is 12.1. The second-order valence-corrected chi connectivity index (χ2v) is 4.31. The third-order valence-electron chi connectivity index (χ3n) is 2.22. The molecule has 132 valence electrons. The molecule has 1 amide bonds. The Morgan fingerprint density at radius 3 is 1.46 bits per heavy atom. The number of halogens is 2. The van der Waals surface area contributed by atoms with Gasteiger partial charge in [-0.3, -0.25) is 14.8 Å². The van der Waals surface area contributed by atoms with Gasteiger partial charge < -0.3 is 16.4 Å². The molecule has 6 N–H and O–H groups in total. The van der Waals surface area contributed by atoms with Crippen molar-refractivity contribution in [1.29, 1.82) is 0 Å². The molecule has 2 aromatic rings. The van der Waals surface area contributed by atoms with Crippen molar-refractivity contribution < 1.29 is 13.6 Å². The summed E-state index contributed by atoms with van der Waals surface area (Å²) in [7, 11) is 3.45. The predicted octanol–water partition coefficient (Wildman–Crippen LogP) is -0.923. The normalized spacial score (nSPS) is 9.04. The first-order valence-corrected chi connectivity index (χ1v) is 6.23. The summed E-state index contributed by atoms with van der Waals surface area (Å²) in [6.07, 6.45) is 1.54. The molecule has 0 radical (unpaired) electrons. The fourth-order valence-corrected chi connectivity index (χ4v) is 0.784. The van der Waals surface area contributed by atoms with Gasteiger partial charge in [-0.2, -0.15) is 9.97 Å². The van der Waals surface area contributed by atoms with Crippen molar-refractivity contribution in [3.8, 4) is 0 Å². The van der Waals surface area contributed by atoms with Gasteiger partial charge >= 0.3 is 11.4 Å². The van der Waals surface area contributed by atoms with Gasteiger partial charge in [0.1, 0.15) is 11.6 Å². The molecule has 0 saturated heterocycles. The van der Waals surface area contributed by atoms with Crippen LogP contribution in [0.5, 0.6) is 0 Å². The quantitative estimate of drug-likeness (QED) is 0.479. The molecular formula is C12H17F2N7O3. The molecule has 0 saturated carbocycles. The molecular weight excluding hydrogens is 328 g/mol. The number of hydrogen-bond acceptors (Lipinski definition) is 7. The topological polar surface area (TPSA) is 164 Å². The maximum absolute atomic E-state index is 12.1. The molecule has 0 aliphatic rings. The van der Waals surface area contributed by atoms with Gasteiger partial charge in [0.15, 0.2) is 11.6 Å². The van der Waals surface area contributed by atoms with Crippen LogP contribution in [0, 0.1) is 11.6 Å². The molecule has 0 aliphatic heterocycles. The highest BCUT2D eigenvalue weighted by Crippen LogP contribution is 1.97. The fraction of sp³-hybridized carbons (Fsp3) is 0.250. The minimum Gasteiger partial charge on any atom is -0.383 e. The Morgan fingerprint density at radius 1 is 1.00 bits per heavy atom. The van der Waals surface area contributed by atoms with Crippen LogP contribution in [0.4, 0.5) is 20.4 Å². The van der Waals surface area contributed by atoms with E-state index in [1.165, 1.54) is 11.8 Å². The first-order chi connectivity index (χ1) is 11.0. The van der Waals surface area contributed by atoms with Crippen LogP contribution in [0.1, 0.15) is 6.92 Å². The Kier molecular flexibility index (Phi) is 8.32. The largest absolute Gasteiger partial charge is 0.383 e. The molecule has 10 nitrogen and oxygen atoms in total. The summed E-state index contributed by atoms with van der Waals surface area (Å²) in [6, 6.07) is 0. The van der Waals surface area contributed by atoms with E-state index in [0.29, 0.717) is 0 Å². The Hall–Kier alpha value is -3.31. The number of aromatic amines is 2. The van der Waals surface area contributed by atoms with Crippen LogP contribution < -0.4 is 22.8 Å². The number of aromatic nitrogens is 4. The monoisotopic (exact) mass is 345 g/mol. The van der Waals surface area contributed by atoms with E-state index in [9.17, 15) is 23.2 Å². The summed E-state index contributed by atoms with van der Waals surface area (Å²) in [4.78, 5) is 42.2. The molecule has 2 heterocycles. The molecule has 0 aliphatic carbocycles. The highest BCUT2D eigenvalue weighted by molar-refractivity contribution is 5.72. The van der Waals surface area contributed by atoms with Gasteiger partial charge in [0.25, 0.3) is 0 Å². The van der Waals surface area contributed by atoms with E-state index in [1.807, 2.05) is 9.97 Å². The lowest BCUT2D eigenvalue weighted by atomic mass is 10.6. The zero-order valence-corrected chi connectivity index (χ0v) is 13.1. The number of anilines is 2. The molecule has 0 unspecified atom stereocenters. The smallest absolute Gasteiger partial charge is 0.346 e. The number of rotatable bonds is 0. The fourth-order valence-electron chi connectivity index (χ4n) is 0.784. The van der Waals surface area contributed by atoms with Crippen molar-refractivity contribution >= 4 is 17.5 Å². The van der Waals surface area contributed by atoms with Gasteiger partial charge in [-0.05, 0) is 0 Å². The molecule has 0 spiro atoms. The first-order valence-electron chi connectivity index (χ1n) is 6.23. The van der Waals surface area contributed by atoms with Gasteiger partial charge in [0.05, 0.1) is 12.4 Å². The van der Waals surface area contributed by atoms with Gasteiger partial charge in [-0.15, -0.1) is 0 Å². The minimum atomic E-state index is -0.713. The second-order valence-electron chi connectivity index (χ2n) is 4.31. The van der Waals surface area contributed by atoms with Crippen LogP contribution in [-0.2, 0) is 4.79 Å². The van der Waals surface area contributed by atoms with E-state index in [-0.39, 0.29) is 17.5 Å². The molecule has 2 rings (SSSR count). The lowest BCUT2D eigenvalue weighted by Gasteiger charge is -2.02. The second kappa shape index (κ2) is 9.66. The molecule has 2 aromatic heterocycles. The molecule has 24 heavy (non-hydrogen) atoms. The van der Waals surface area contributed by atoms with E-state index in [0.717, 1.165) is 12.4 Å². The Balaban J connectivity index is 0.000000340. The number of nitrogens with one attached hydrogen (secondary N) is 2. The summed E-state index contributed by atoms with van der Waals surface area (Å²) in [5.74, 6) is -1.90. The number of H-pyrrole nitrogens is 2. The lowest BCUT2D eigenvalue weighted by Crippen LogP contribution is -2.17. The van der Waals surface area contributed by atoms with E-state index in [4.69, 9.17) is 11.5 Å².